The maximum Gasteiger partial charge on any atom is 0.136 e. The summed E-state index contributed by atoms with van der Waals surface area (Å²) in [5.41, 5.74) is 1.64. The van der Waals surface area contributed by atoms with Crippen LogP contribution in [0.5, 0.6) is 0 Å². The lowest BCUT2D eigenvalue weighted by molar-refractivity contribution is -0.130. The van der Waals surface area contributed by atoms with Crippen molar-refractivity contribution in [1.29, 1.82) is 0 Å². The zero-order chi connectivity index (χ0) is 23.9. The molecule has 188 valence electrons. The van der Waals surface area contributed by atoms with Gasteiger partial charge in [0.1, 0.15) is 5.78 Å². The summed E-state index contributed by atoms with van der Waals surface area (Å²) in [5, 5.41) is 10.6. The van der Waals surface area contributed by atoms with Crippen molar-refractivity contribution in [2.45, 2.75) is 96.7 Å². The van der Waals surface area contributed by atoms with Crippen LogP contribution in [0.1, 0.15) is 96.1 Å². The smallest absolute Gasteiger partial charge is 0.136 e. The summed E-state index contributed by atoms with van der Waals surface area (Å²) < 4.78 is 5.96. The van der Waals surface area contributed by atoms with E-state index in [1.54, 1.807) is 0 Å². The Morgan fingerprint density at radius 2 is 1.79 bits per heavy atom. The number of benzene rings is 1. The predicted molar refractivity (Wildman–Crippen MR) is 147 cm³/mol. The normalized spacial score (nSPS) is 42.4. The third-order valence-corrected chi connectivity index (χ3v) is 12.0. The van der Waals surface area contributed by atoms with E-state index in [1.165, 1.54) is 67.0 Å². The van der Waals surface area contributed by atoms with E-state index >= 15 is 0 Å². The Morgan fingerprint density at radius 3 is 2.56 bits per heavy atom. The van der Waals surface area contributed by atoms with Gasteiger partial charge in [-0.05, 0) is 104 Å². The molecule has 9 atom stereocenters. The first-order valence-electron chi connectivity index (χ1n) is 13.5. The first-order chi connectivity index (χ1) is 16.3. The summed E-state index contributed by atoms with van der Waals surface area (Å²) in [6.45, 7) is 5.13. The number of aliphatic hydroxyl groups is 1. The van der Waals surface area contributed by atoms with Gasteiger partial charge in [0, 0.05) is 34.0 Å². The van der Waals surface area contributed by atoms with Gasteiger partial charge >= 0.3 is 0 Å². The molecule has 1 N–H and O–H groups in total. The molecule has 0 amide bonds. The highest BCUT2D eigenvalue weighted by atomic mass is 127. The molecule has 3 nitrogen and oxygen atoms in total. The third kappa shape index (κ3) is 4.65. The first kappa shape index (κ1) is 25.5. The summed E-state index contributed by atoms with van der Waals surface area (Å²) >= 11 is 2.26. The lowest BCUT2D eigenvalue weighted by Crippen LogP contribution is -2.54. The molecule has 1 aromatic carbocycles. The summed E-state index contributed by atoms with van der Waals surface area (Å²) in [5.74, 6) is 4.02. The molecule has 0 aromatic heterocycles. The number of carbonyl (C=O) groups is 1. The van der Waals surface area contributed by atoms with Gasteiger partial charge in [-0.25, -0.2) is 0 Å². The molecule has 34 heavy (non-hydrogen) atoms. The van der Waals surface area contributed by atoms with Gasteiger partial charge in [-0.2, -0.15) is 0 Å². The molecule has 0 aliphatic heterocycles. The molecule has 1 aromatic rings. The number of Topliss-reactive ketones (excluding diaryl/α,β-unsaturated/α-hetero) is 1. The fourth-order valence-corrected chi connectivity index (χ4v) is 10.3. The number of ketones is 1. The molecule has 0 heterocycles. The zero-order valence-corrected chi connectivity index (χ0v) is 23.7. The Bertz CT molecular complexity index is 864. The summed E-state index contributed by atoms with van der Waals surface area (Å²) in [6, 6.07) is 9.65. The Hall–Kier alpha value is -0.110. The van der Waals surface area contributed by atoms with Crippen molar-refractivity contribution < 1.29 is 14.1 Å². The second-order valence-corrected chi connectivity index (χ2v) is 13.8. The van der Waals surface area contributed by atoms with Gasteiger partial charge in [0.05, 0.1) is 21.4 Å². The Labute approximate surface area is 222 Å². The summed E-state index contributed by atoms with van der Waals surface area (Å²) in [4.78, 5) is 13.0. The van der Waals surface area contributed by atoms with Crippen molar-refractivity contribution in [2.24, 2.45) is 40.4 Å². The van der Waals surface area contributed by atoms with Crippen LogP contribution in [-0.2, 0) is 8.98 Å². The Kier molecular flexibility index (Phi) is 7.76. The molecule has 0 bridgehead atoms. The van der Waals surface area contributed by atoms with Crippen molar-refractivity contribution in [3.05, 3.63) is 35.9 Å². The fraction of sp³-hybridized carbons (Fsp3) is 0.759. The minimum Gasteiger partial charge on any atom is -0.388 e. The number of rotatable bonds is 7. The van der Waals surface area contributed by atoms with Gasteiger partial charge in [0.2, 0.25) is 0 Å². The molecule has 4 aliphatic carbocycles. The average molecular weight is 597 g/mol. The standard InChI is InChI=1S/C29H41IO3S/c1-28-14-12-23(33-34-30)17-21(28)8-10-24-25-11-9-20(29(25,2)15-13-26(24)28)16-22(31)18-27(32)19-6-4-3-5-7-19/h3-7,20-21,23-27,32H,8-18H2,1-2H3. The Morgan fingerprint density at radius 1 is 1.06 bits per heavy atom. The highest BCUT2D eigenvalue weighted by Crippen LogP contribution is 2.68. The van der Waals surface area contributed by atoms with Crippen molar-refractivity contribution in [3.8, 4) is 0 Å². The van der Waals surface area contributed by atoms with E-state index in [-0.39, 0.29) is 12.2 Å². The maximum atomic E-state index is 13.0. The molecule has 4 fully saturated rings. The minimum absolute atomic E-state index is 0.243. The Balaban J connectivity index is 1.23. The summed E-state index contributed by atoms with van der Waals surface area (Å²) in [6.07, 6.45) is 12.3. The molecule has 4 saturated carbocycles. The summed E-state index contributed by atoms with van der Waals surface area (Å²) in [7, 11) is 1.52. The van der Waals surface area contributed by atoms with Crippen LogP contribution in [0.15, 0.2) is 30.3 Å². The molecule has 5 rings (SSSR count). The van der Waals surface area contributed by atoms with Gasteiger partial charge in [0.25, 0.3) is 0 Å². The number of aliphatic hydroxyl groups excluding tert-OH is 1. The van der Waals surface area contributed by atoms with Crippen LogP contribution in [0.25, 0.3) is 0 Å². The fourth-order valence-electron chi connectivity index (χ4n) is 9.17. The molecule has 9 unspecified atom stereocenters. The maximum absolute atomic E-state index is 13.0. The molecular weight excluding hydrogens is 555 g/mol. The predicted octanol–water partition coefficient (Wildman–Crippen LogP) is 8.11. The van der Waals surface area contributed by atoms with Crippen LogP contribution in [-0.4, -0.2) is 17.0 Å². The lowest BCUT2D eigenvalue weighted by atomic mass is 9.44. The first-order valence-corrected chi connectivity index (χ1v) is 16.8. The van der Waals surface area contributed by atoms with Crippen LogP contribution < -0.4 is 0 Å². The SMILES string of the molecule is CC12CCC3C(CCC4CC(OSI)CCC43C)C1CCC2CC(=O)CC(O)c1ccccc1. The third-order valence-electron chi connectivity index (χ3n) is 11.1. The topological polar surface area (TPSA) is 46.5 Å². The quantitative estimate of drug-likeness (QED) is 0.255. The monoisotopic (exact) mass is 596 g/mol. The van der Waals surface area contributed by atoms with Crippen LogP contribution in [0.2, 0.25) is 0 Å². The number of carbonyl (C=O) groups excluding carboxylic acids is 1. The highest BCUT2D eigenvalue weighted by molar-refractivity contribution is 14.2. The van der Waals surface area contributed by atoms with E-state index in [1.807, 2.05) is 30.3 Å². The molecule has 0 radical (unpaired) electrons. The van der Waals surface area contributed by atoms with E-state index in [2.05, 4.69) is 35.1 Å². The van der Waals surface area contributed by atoms with Gasteiger partial charge in [0.15, 0.2) is 0 Å². The number of hydrogen-bond acceptors (Lipinski definition) is 4. The van der Waals surface area contributed by atoms with Crippen LogP contribution in [0.4, 0.5) is 0 Å². The van der Waals surface area contributed by atoms with Gasteiger partial charge < -0.3 is 9.29 Å². The number of fused-ring (bicyclic) bond motifs is 5. The van der Waals surface area contributed by atoms with Gasteiger partial charge in [-0.15, -0.1) is 0 Å². The van der Waals surface area contributed by atoms with Crippen molar-refractivity contribution >= 4 is 36.2 Å². The number of hydrogen-bond donors (Lipinski definition) is 1. The molecule has 5 heteroatoms. The second-order valence-electron chi connectivity index (χ2n) is 12.4. The van der Waals surface area contributed by atoms with Gasteiger partial charge in [-0.3, -0.25) is 4.79 Å². The molecular formula is C29H41IO3S. The van der Waals surface area contributed by atoms with Gasteiger partial charge in [-0.1, -0.05) is 44.2 Å². The zero-order valence-electron chi connectivity index (χ0n) is 20.8. The van der Waals surface area contributed by atoms with E-state index in [0.29, 0.717) is 29.3 Å². The minimum atomic E-state index is -0.672. The molecule has 0 spiro atoms. The van der Waals surface area contributed by atoms with Crippen molar-refractivity contribution in [2.75, 3.05) is 0 Å². The van der Waals surface area contributed by atoms with Crippen LogP contribution in [0, 0.1) is 40.4 Å². The van der Waals surface area contributed by atoms with E-state index in [4.69, 9.17) is 4.18 Å². The second kappa shape index (κ2) is 10.3. The van der Waals surface area contributed by atoms with E-state index in [9.17, 15) is 9.90 Å². The largest absolute Gasteiger partial charge is 0.388 e. The molecule has 0 saturated heterocycles. The van der Waals surface area contributed by atoms with Crippen molar-refractivity contribution in [3.63, 3.8) is 0 Å². The average Bonchev–Trinajstić information content (AvgIpc) is 3.16. The molecule has 4 aliphatic rings. The van der Waals surface area contributed by atoms with Crippen molar-refractivity contribution in [1.82, 2.24) is 0 Å². The van der Waals surface area contributed by atoms with E-state index in [0.717, 1.165) is 29.2 Å². The number of halogens is 1. The highest BCUT2D eigenvalue weighted by Gasteiger charge is 2.60. The van der Waals surface area contributed by atoms with E-state index < -0.39 is 6.10 Å². The van der Waals surface area contributed by atoms with Crippen LogP contribution >= 0.6 is 30.4 Å². The lowest BCUT2D eigenvalue weighted by Gasteiger charge is -2.61. The van der Waals surface area contributed by atoms with Crippen LogP contribution in [0.3, 0.4) is 0 Å².